The first-order chi connectivity index (χ1) is 8.72. The maximum Gasteiger partial charge on any atom is 0.0802 e. The normalized spacial score (nSPS) is 46.0. The molecule has 0 aromatic carbocycles. The number of likely N-dealkylation sites (tertiary alicyclic amines) is 1. The van der Waals surface area contributed by atoms with E-state index in [2.05, 4.69) is 4.90 Å². The Morgan fingerprint density at radius 1 is 0.778 bits per heavy atom. The van der Waals surface area contributed by atoms with Crippen molar-refractivity contribution in [2.24, 2.45) is 17.8 Å². The van der Waals surface area contributed by atoms with Crippen molar-refractivity contribution in [2.75, 3.05) is 19.6 Å². The zero-order valence-corrected chi connectivity index (χ0v) is 11.3. The molecule has 3 nitrogen and oxygen atoms in total. The number of rotatable bonds is 2. The second-order valence-corrected chi connectivity index (χ2v) is 6.82. The van der Waals surface area contributed by atoms with E-state index in [1.807, 2.05) is 0 Å². The fourth-order valence-electron chi connectivity index (χ4n) is 4.51. The first-order valence-corrected chi connectivity index (χ1v) is 7.81. The van der Waals surface area contributed by atoms with Gasteiger partial charge in [-0.05, 0) is 69.4 Å². The molecule has 0 amide bonds. The van der Waals surface area contributed by atoms with Crippen LogP contribution in [0.1, 0.15) is 44.9 Å². The van der Waals surface area contributed by atoms with Gasteiger partial charge in [0, 0.05) is 6.54 Å². The Morgan fingerprint density at radius 3 is 1.89 bits per heavy atom. The topological polar surface area (TPSA) is 43.7 Å². The highest BCUT2D eigenvalue weighted by atomic mass is 16.3. The minimum absolute atomic E-state index is 0.458. The van der Waals surface area contributed by atoms with Gasteiger partial charge in [-0.25, -0.2) is 0 Å². The maximum absolute atomic E-state index is 9.77. The van der Waals surface area contributed by atoms with Gasteiger partial charge in [0.1, 0.15) is 0 Å². The molecule has 3 rings (SSSR count). The molecule has 4 unspecified atom stereocenters. The number of hydrogen-bond donors (Lipinski definition) is 2. The minimum Gasteiger partial charge on any atom is -0.390 e. The molecular formula is C15H27NO2. The van der Waals surface area contributed by atoms with Crippen molar-refractivity contribution in [1.82, 2.24) is 4.90 Å². The molecule has 18 heavy (non-hydrogen) atoms. The zero-order chi connectivity index (χ0) is 12.5. The Labute approximate surface area is 110 Å². The third-order valence-electron chi connectivity index (χ3n) is 5.44. The summed E-state index contributed by atoms with van der Waals surface area (Å²) in [5.74, 6) is 2.17. The molecule has 3 heteroatoms. The molecular weight excluding hydrogens is 226 g/mol. The lowest BCUT2D eigenvalue weighted by Gasteiger charge is -2.32. The summed E-state index contributed by atoms with van der Waals surface area (Å²) in [7, 11) is 0. The van der Waals surface area contributed by atoms with E-state index in [4.69, 9.17) is 0 Å². The van der Waals surface area contributed by atoms with Crippen LogP contribution in [0.2, 0.25) is 0 Å². The van der Waals surface area contributed by atoms with Gasteiger partial charge in [0.15, 0.2) is 0 Å². The number of hydrogen-bond acceptors (Lipinski definition) is 3. The van der Waals surface area contributed by atoms with E-state index >= 15 is 0 Å². The molecule has 0 spiro atoms. The Kier molecular flexibility index (Phi) is 3.92. The van der Waals surface area contributed by atoms with Gasteiger partial charge in [-0.3, -0.25) is 0 Å². The van der Waals surface area contributed by atoms with Crippen molar-refractivity contribution in [2.45, 2.75) is 57.2 Å². The number of aliphatic hydroxyl groups excluding tert-OH is 2. The molecule has 1 saturated heterocycles. The van der Waals surface area contributed by atoms with Crippen LogP contribution in [0.5, 0.6) is 0 Å². The predicted molar refractivity (Wildman–Crippen MR) is 71.2 cm³/mol. The van der Waals surface area contributed by atoms with Gasteiger partial charge in [-0.1, -0.05) is 6.42 Å². The molecule has 2 saturated carbocycles. The van der Waals surface area contributed by atoms with Crippen LogP contribution in [-0.2, 0) is 0 Å². The average molecular weight is 253 g/mol. The minimum atomic E-state index is -0.458. The standard InChI is InChI=1S/C15H27NO2/c17-14-8-12-6-11(7-13(12)9-15(14)18)10-16-4-2-1-3-5-16/h11-15,17-18H,1-10H2. The predicted octanol–water partition coefficient (Wildman–Crippen LogP) is 1.63. The molecule has 0 bridgehead atoms. The summed E-state index contributed by atoms with van der Waals surface area (Å²) < 4.78 is 0. The van der Waals surface area contributed by atoms with Crippen molar-refractivity contribution in [3.63, 3.8) is 0 Å². The first-order valence-electron chi connectivity index (χ1n) is 7.81. The summed E-state index contributed by atoms with van der Waals surface area (Å²) in [6, 6.07) is 0. The average Bonchev–Trinajstić information content (AvgIpc) is 2.72. The molecule has 0 aromatic heterocycles. The molecule has 0 aromatic rings. The zero-order valence-electron chi connectivity index (χ0n) is 11.3. The summed E-state index contributed by atoms with van der Waals surface area (Å²) in [6.07, 6.45) is 7.47. The summed E-state index contributed by atoms with van der Waals surface area (Å²) in [4.78, 5) is 2.64. The second kappa shape index (κ2) is 5.48. The van der Waals surface area contributed by atoms with Crippen molar-refractivity contribution < 1.29 is 10.2 Å². The molecule has 2 N–H and O–H groups in total. The summed E-state index contributed by atoms with van der Waals surface area (Å²) in [6.45, 7) is 3.84. The fraction of sp³-hybridized carbons (Fsp3) is 1.00. The van der Waals surface area contributed by atoms with Gasteiger partial charge in [0.05, 0.1) is 12.2 Å². The number of fused-ring (bicyclic) bond motifs is 1. The number of nitrogens with zero attached hydrogens (tertiary/aromatic N) is 1. The van der Waals surface area contributed by atoms with Gasteiger partial charge < -0.3 is 15.1 Å². The third kappa shape index (κ3) is 2.73. The van der Waals surface area contributed by atoms with Crippen LogP contribution in [0.3, 0.4) is 0 Å². The van der Waals surface area contributed by atoms with Crippen LogP contribution in [0.15, 0.2) is 0 Å². The maximum atomic E-state index is 9.77. The Morgan fingerprint density at radius 2 is 1.33 bits per heavy atom. The van der Waals surface area contributed by atoms with Gasteiger partial charge in [-0.15, -0.1) is 0 Å². The van der Waals surface area contributed by atoms with Crippen LogP contribution in [0.4, 0.5) is 0 Å². The van der Waals surface area contributed by atoms with Crippen molar-refractivity contribution >= 4 is 0 Å². The molecule has 3 aliphatic rings. The molecule has 0 radical (unpaired) electrons. The van der Waals surface area contributed by atoms with E-state index in [0.717, 1.165) is 18.8 Å². The Bertz CT molecular complexity index is 260. The fourth-order valence-corrected chi connectivity index (χ4v) is 4.51. The van der Waals surface area contributed by atoms with Crippen LogP contribution < -0.4 is 0 Å². The van der Waals surface area contributed by atoms with Gasteiger partial charge in [0.2, 0.25) is 0 Å². The monoisotopic (exact) mass is 253 g/mol. The highest BCUT2D eigenvalue weighted by Gasteiger charge is 2.41. The molecule has 3 fully saturated rings. The number of piperidine rings is 1. The number of aliphatic hydroxyl groups is 2. The lowest BCUT2D eigenvalue weighted by atomic mass is 9.79. The Balaban J connectivity index is 1.51. The van der Waals surface area contributed by atoms with Gasteiger partial charge in [0.25, 0.3) is 0 Å². The van der Waals surface area contributed by atoms with E-state index in [0.29, 0.717) is 11.8 Å². The van der Waals surface area contributed by atoms with Crippen molar-refractivity contribution in [3.8, 4) is 0 Å². The molecule has 104 valence electrons. The summed E-state index contributed by atoms with van der Waals surface area (Å²) in [5, 5.41) is 19.5. The van der Waals surface area contributed by atoms with Crippen LogP contribution in [-0.4, -0.2) is 47.0 Å². The molecule has 1 heterocycles. The smallest absolute Gasteiger partial charge is 0.0802 e. The Hall–Kier alpha value is -0.120. The lowest BCUT2D eigenvalue weighted by molar-refractivity contribution is -0.0408. The summed E-state index contributed by atoms with van der Waals surface area (Å²) >= 11 is 0. The lowest BCUT2D eigenvalue weighted by Crippen LogP contribution is -2.36. The van der Waals surface area contributed by atoms with Crippen molar-refractivity contribution in [3.05, 3.63) is 0 Å². The third-order valence-corrected chi connectivity index (χ3v) is 5.44. The van der Waals surface area contributed by atoms with Crippen LogP contribution in [0, 0.1) is 17.8 Å². The van der Waals surface area contributed by atoms with E-state index in [1.165, 1.54) is 51.7 Å². The molecule has 2 aliphatic carbocycles. The van der Waals surface area contributed by atoms with Gasteiger partial charge in [-0.2, -0.15) is 0 Å². The first kappa shape index (κ1) is 12.9. The van der Waals surface area contributed by atoms with Crippen molar-refractivity contribution in [1.29, 1.82) is 0 Å². The largest absolute Gasteiger partial charge is 0.390 e. The van der Waals surface area contributed by atoms with Gasteiger partial charge >= 0.3 is 0 Å². The van der Waals surface area contributed by atoms with Crippen LogP contribution in [0.25, 0.3) is 0 Å². The van der Waals surface area contributed by atoms with E-state index < -0.39 is 12.2 Å². The SMILES string of the molecule is OC1CC2CC(CN3CCCCC3)CC2CC1O. The molecule has 1 aliphatic heterocycles. The van der Waals surface area contributed by atoms with E-state index in [-0.39, 0.29) is 0 Å². The highest BCUT2D eigenvalue weighted by molar-refractivity contribution is 4.93. The second-order valence-electron chi connectivity index (χ2n) is 6.82. The summed E-state index contributed by atoms with van der Waals surface area (Å²) in [5.41, 5.74) is 0. The highest BCUT2D eigenvalue weighted by Crippen LogP contribution is 2.45. The molecule has 4 atom stereocenters. The van der Waals surface area contributed by atoms with Crippen LogP contribution >= 0.6 is 0 Å². The van der Waals surface area contributed by atoms with E-state index in [1.54, 1.807) is 0 Å². The quantitative estimate of drug-likeness (QED) is 0.786. The van der Waals surface area contributed by atoms with E-state index in [9.17, 15) is 10.2 Å².